The Morgan fingerprint density at radius 1 is 1.32 bits per heavy atom. The Bertz CT molecular complexity index is 762. The fourth-order valence-electron chi connectivity index (χ4n) is 1.32. The summed E-state index contributed by atoms with van der Waals surface area (Å²) < 4.78 is 26.3. The lowest BCUT2D eigenvalue weighted by atomic mass is 10.3. The molecule has 19 heavy (non-hydrogen) atoms. The van der Waals surface area contributed by atoms with Crippen LogP contribution in [0.3, 0.4) is 0 Å². The number of nitrogens with one attached hydrogen (secondary N) is 1. The second-order valence-corrected chi connectivity index (χ2v) is 6.87. The number of para-hydroxylation sites is 1. The van der Waals surface area contributed by atoms with Crippen LogP contribution in [0.15, 0.2) is 34.5 Å². The van der Waals surface area contributed by atoms with Crippen LogP contribution in [0.1, 0.15) is 4.88 Å². The van der Waals surface area contributed by atoms with Gasteiger partial charge in [0.25, 0.3) is 10.0 Å². The number of hydrogen-bond acceptors (Lipinski definition) is 5. The van der Waals surface area contributed by atoms with Gasteiger partial charge in [0.2, 0.25) is 0 Å². The lowest BCUT2D eigenvalue weighted by Gasteiger charge is -2.08. The van der Waals surface area contributed by atoms with Crippen molar-refractivity contribution in [2.75, 3.05) is 4.72 Å². The summed E-state index contributed by atoms with van der Waals surface area (Å²) in [7, 11) is -3.84. The summed E-state index contributed by atoms with van der Waals surface area (Å²) in [5, 5.41) is 18.4. The van der Waals surface area contributed by atoms with Gasteiger partial charge in [-0.1, -0.05) is 17.7 Å². The van der Waals surface area contributed by atoms with Crippen molar-refractivity contribution in [3.05, 3.63) is 40.2 Å². The minimum Gasteiger partial charge on any atom is -0.504 e. The van der Waals surface area contributed by atoms with Gasteiger partial charge in [0.15, 0.2) is 5.75 Å². The Balaban J connectivity index is 2.37. The number of hydrogen-bond donors (Lipinski definition) is 2. The summed E-state index contributed by atoms with van der Waals surface area (Å²) in [5.41, 5.74) is -0.0144. The summed E-state index contributed by atoms with van der Waals surface area (Å²) in [6, 6.07) is 8.93. The van der Waals surface area contributed by atoms with Gasteiger partial charge in [-0.2, -0.15) is 5.26 Å². The predicted molar refractivity (Wildman–Crippen MR) is 73.0 cm³/mol. The van der Waals surface area contributed by atoms with E-state index in [1.54, 1.807) is 0 Å². The highest BCUT2D eigenvalue weighted by Gasteiger charge is 2.19. The second kappa shape index (κ2) is 5.09. The van der Waals surface area contributed by atoms with E-state index < -0.39 is 10.0 Å². The zero-order valence-electron chi connectivity index (χ0n) is 9.29. The van der Waals surface area contributed by atoms with Crippen molar-refractivity contribution in [3.8, 4) is 11.8 Å². The van der Waals surface area contributed by atoms with E-state index in [9.17, 15) is 13.5 Å². The van der Waals surface area contributed by atoms with Crippen molar-refractivity contribution < 1.29 is 13.5 Å². The maximum absolute atomic E-state index is 12.0. The molecule has 0 spiro atoms. The molecule has 0 unspecified atom stereocenters. The van der Waals surface area contributed by atoms with Gasteiger partial charge in [-0.25, -0.2) is 8.42 Å². The number of phenols is 1. The van der Waals surface area contributed by atoms with Crippen molar-refractivity contribution in [1.29, 1.82) is 5.26 Å². The van der Waals surface area contributed by atoms with E-state index in [0.717, 1.165) is 11.3 Å². The van der Waals surface area contributed by atoms with Gasteiger partial charge in [-0.15, -0.1) is 11.3 Å². The Labute approximate surface area is 118 Å². The minimum absolute atomic E-state index is 0.0107. The topological polar surface area (TPSA) is 90.2 Å². The Kier molecular flexibility index (Phi) is 3.66. The molecule has 98 valence electrons. The zero-order valence-corrected chi connectivity index (χ0v) is 11.7. The number of anilines is 1. The van der Waals surface area contributed by atoms with E-state index in [1.165, 1.54) is 30.3 Å². The molecular weight excluding hydrogens is 308 g/mol. The highest BCUT2D eigenvalue weighted by atomic mass is 35.5. The monoisotopic (exact) mass is 314 g/mol. The average molecular weight is 315 g/mol. The summed E-state index contributed by atoms with van der Waals surface area (Å²) in [6.45, 7) is 0. The van der Waals surface area contributed by atoms with Gasteiger partial charge in [-0.3, -0.25) is 4.72 Å². The maximum atomic E-state index is 12.0. The van der Waals surface area contributed by atoms with E-state index in [4.69, 9.17) is 16.9 Å². The largest absolute Gasteiger partial charge is 0.504 e. The number of thiophene rings is 1. The molecule has 2 aromatic rings. The third kappa shape index (κ3) is 2.81. The first-order valence-corrected chi connectivity index (χ1v) is 7.62. The van der Waals surface area contributed by atoms with Crippen LogP contribution in [-0.2, 0) is 10.0 Å². The minimum atomic E-state index is -3.84. The Morgan fingerprint density at radius 3 is 2.68 bits per heavy atom. The number of nitrogens with zero attached hydrogens (tertiary/aromatic N) is 1. The van der Waals surface area contributed by atoms with Gasteiger partial charge in [0, 0.05) is 0 Å². The van der Waals surface area contributed by atoms with Gasteiger partial charge < -0.3 is 5.11 Å². The SMILES string of the molecule is N#Cc1ccc(S(=O)(=O)Nc2cccc(Cl)c2O)s1. The molecule has 0 fully saturated rings. The molecule has 0 amide bonds. The summed E-state index contributed by atoms with van der Waals surface area (Å²) in [6.07, 6.45) is 0. The number of rotatable bonds is 3. The lowest BCUT2D eigenvalue weighted by molar-refractivity contribution is 0.478. The number of aromatic hydroxyl groups is 1. The van der Waals surface area contributed by atoms with Gasteiger partial charge in [0.1, 0.15) is 15.2 Å². The van der Waals surface area contributed by atoms with Crippen molar-refractivity contribution in [2.24, 2.45) is 0 Å². The molecule has 0 aliphatic rings. The smallest absolute Gasteiger partial charge is 0.271 e. The van der Waals surface area contributed by atoms with E-state index >= 15 is 0 Å². The first-order chi connectivity index (χ1) is 8.94. The molecule has 1 aromatic carbocycles. The molecule has 0 saturated carbocycles. The fraction of sp³-hybridized carbons (Fsp3) is 0. The van der Waals surface area contributed by atoms with E-state index in [2.05, 4.69) is 4.72 Å². The van der Waals surface area contributed by atoms with Gasteiger partial charge in [-0.05, 0) is 24.3 Å². The van der Waals surface area contributed by atoms with Crippen LogP contribution in [0.4, 0.5) is 5.69 Å². The highest BCUT2D eigenvalue weighted by Crippen LogP contribution is 2.33. The predicted octanol–water partition coefficient (Wildman–Crippen LogP) is 2.78. The van der Waals surface area contributed by atoms with E-state index in [1.807, 2.05) is 6.07 Å². The van der Waals surface area contributed by atoms with Crippen LogP contribution in [-0.4, -0.2) is 13.5 Å². The lowest BCUT2D eigenvalue weighted by Crippen LogP contribution is -2.11. The molecule has 0 aliphatic heterocycles. The van der Waals surface area contributed by atoms with Crippen molar-refractivity contribution in [3.63, 3.8) is 0 Å². The van der Waals surface area contributed by atoms with Crippen LogP contribution in [0.2, 0.25) is 5.02 Å². The number of nitriles is 1. The number of halogens is 1. The molecule has 0 saturated heterocycles. The van der Waals surface area contributed by atoms with Crippen LogP contribution in [0.25, 0.3) is 0 Å². The first-order valence-electron chi connectivity index (χ1n) is 4.94. The molecule has 2 rings (SSSR count). The Morgan fingerprint density at radius 2 is 2.05 bits per heavy atom. The quantitative estimate of drug-likeness (QED) is 0.852. The van der Waals surface area contributed by atoms with Crippen LogP contribution in [0, 0.1) is 11.3 Å². The van der Waals surface area contributed by atoms with Gasteiger partial charge >= 0.3 is 0 Å². The molecule has 0 radical (unpaired) electrons. The Hall–Kier alpha value is -1.75. The van der Waals surface area contributed by atoms with Crippen molar-refractivity contribution >= 4 is 38.6 Å². The molecule has 2 N–H and O–H groups in total. The highest BCUT2D eigenvalue weighted by molar-refractivity contribution is 7.94. The zero-order chi connectivity index (χ0) is 14.0. The summed E-state index contributed by atoms with van der Waals surface area (Å²) in [4.78, 5) is 0.288. The van der Waals surface area contributed by atoms with Crippen molar-refractivity contribution in [1.82, 2.24) is 0 Å². The van der Waals surface area contributed by atoms with Crippen LogP contribution < -0.4 is 4.72 Å². The normalized spacial score (nSPS) is 10.9. The molecule has 1 aromatic heterocycles. The second-order valence-electron chi connectivity index (χ2n) is 3.47. The third-order valence-corrected chi connectivity index (χ3v) is 5.34. The van der Waals surface area contributed by atoms with Crippen LogP contribution in [0.5, 0.6) is 5.75 Å². The number of sulfonamides is 1. The van der Waals surface area contributed by atoms with E-state index in [-0.39, 0.29) is 25.5 Å². The summed E-state index contributed by atoms with van der Waals surface area (Å²) >= 11 is 6.53. The molecule has 5 nitrogen and oxygen atoms in total. The molecular formula is C11H7ClN2O3S2. The number of benzene rings is 1. The number of phenolic OH excluding ortho intramolecular Hbond substituents is 1. The standard InChI is InChI=1S/C11H7ClN2O3S2/c12-8-2-1-3-9(11(8)15)14-19(16,17)10-5-4-7(6-13)18-10/h1-5,14-15H. The van der Waals surface area contributed by atoms with E-state index in [0.29, 0.717) is 0 Å². The average Bonchev–Trinajstić information content (AvgIpc) is 2.84. The molecule has 1 heterocycles. The molecule has 0 atom stereocenters. The molecule has 8 heteroatoms. The molecule has 0 bridgehead atoms. The fourth-order valence-corrected chi connectivity index (χ4v) is 3.66. The van der Waals surface area contributed by atoms with Gasteiger partial charge in [0.05, 0.1) is 10.7 Å². The van der Waals surface area contributed by atoms with Crippen molar-refractivity contribution in [2.45, 2.75) is 4.21 Å². The third-order valence-electron chi connectivity index (χ3n) is 2.19. The maximum Gasteiger partial charge on any atom is 0.271 e. The first kappa shape index (κ1) is 13.7. The summed E-state index contributed by atoms with van der Waals surface area (Å²) in [5.74, 6) is -0.343. The molecule has 0 aliphatic carbocycles. The van der Waals surface area contributed by atoms with Crippen LogP contribution >= 0.6 is 22.9 Å².